The van der Waals surface area contributed by atoms with Crippen molar-refractivity contribution in [2.45, 2.75) is 6.92 Å². The Balaban J connectivity index is 2.53. The zero-order valence-electron chi connectivity index (χ0n) is 17.0. The number of halogens is 1. The van der Waals surface area contributed by atoms with Gasteiger partial charge in [-0.1, -0.05) is 0 Å². The Morgan fingerprint density at radius 3 is 2.17 bits per heavy atom. The fourth-order valence-electron chi connectivity index (χ4n) is 2.76. The Kier molecular flexibility index (Phi) is 7.78. The van der Waals surface area contributed by atoms with Crippen LogP contribution in [-0.4, -0.2) is 40.8 Å². The van der Waals surface area contributed by atoms with Gasteiger partial charge in [0, 0.05) is 11.1 Å². The van der Waals surface area contributed by atoms with Gasteiger partial charge < -0.3 is 29.4 Å². The van der Waals surface area contributed by atoms with Gasteiger partial charge in [0.05, 0.1) is 45.2 Å². The molecule has 2 aromatic carbocycles. The van der Waals surface area contributed by atoms with Crippen molar-refractivity contribution < 1.29 is 28.5 Å². The summed E-state index contributed by atoms with van der Waals surface area (Å²) < 4.78 is 27.4. The second-order valence-electron chi connectivity index (χ2n) is 5.77. The van der Waals surface area contributed by atoms with Crippen molar-refractivity contribution in [2.24, 2.45) is 0 Å². The zero-order chi connectivity index (χ0) is 21.6. The summed E-state index contributed by atoms with van der Waals surface area (Å²) in [5.74, 6) is 1.81. The molecule has 0 saturated heterocycles. The number of anilines is 1. The number of methoxy groups -OCH3 is 4. The molecule has 0 aliphatic rings. The number of hydrogen-bond donors (Lipinski definition) is 1. The molecule has 0 heterocycles. The molecule has 8 heteroatoms. The van der Waals surface area contributed by atoms with E-state index in [9.17, 15) is 4.79 Å². The summed E-state index contributed by atoms with van der Waals surface area (Å²) in [4.78, 5) is 12.9. The molecule has 156 valence electrons. The summed E-state index contributed by atoms with van der Waals surface area (Å²) in [6, 6.07) is 6.59. The summed E-state index contributed by atoms with van der Waals surface area (Å²) in [5.41, 5.74) is 7.35. The van der Waals surface area contributed by atoms with E-state index in [-0.39, 0.29) is 5.78 Å². The summed E-state index contributed by atoms with van der Waals surface area (Å²) in [6.45, 7) is 2.29. The van der Waals surface area contributed by atoms with E-state index in [2.05, 4.69) is 15.9 Å². The Morgan fingerprint density at radius 2 is 1.62 bits per heavy atom. The molecule has 2 rings (SSSR count). The highest BCUT2D eigenvalue weighted by atomic mass is 79.9. The lowest BCUT2D eigenvalue weighted by molar-refractivity contribution is 0.104. The number of benzene rings is 2. The maximum absolute atomic E-state index is 12.9. The van der Waals surface area contributed by atoms with E-state index in [1.807, 2.05) is 6.92 Å². The van der Waals surface area contributed by atoms with Crippen molar-refractivity contribution in [3.63, 3.8) is 0 Å². The molecule has 7 nitrogen and oxygen atoms in total. The third kappa shape index (κ3) is 4.76. The minimum Gasteiger partial charge on any atom is -0.493 e. The van der Waals surface area contributed by atoms with Crippen LogP contribution in [0.15, 0.2) is 28.7 Å². The number of rotatable bonds is 9. The molecular weight excluding hydrogens is 442 g/mol. The van der Waals surface area contributed by atoms with Crippen LogP contribution in [0.25, 0.3) is 6.08 Å². The summed E-state index contributed by atoms with van der Waals surface area (Å²) in [7, 11) is 6.02. The number of nitrogens with two attached hydrogens (primary N) is 1. The van der Waals surface area contributed by atoms with Gasteiger partial charge in [-0.25, -0.2) is 0 Å². The Morgan fingerprint density at radius 1 is 0.966 bits per heavy atom. The number of hydrogen-bond acceptors (Lipinski definition) is 7. The molecule has 0 amide bonds. The monoisotopic (exact) mass is 465 g/mol. The topological polar surface area (TPSA) is 89.2 Å². The molecule has 2 aromatic rings. The summed E-state index contributed by atoms with van der Waals surface area (Å²) in [5, 5.41) is 0. The van der Waals surface area contributed by atoms with Crippen LogP contribution in [0.5, 0.6) is 28.7 Å². The maximum Gasteiger partial charge on any atom is 0.207 e. The smallest absolute Gasteiger partial charge is 0.207 e. The number of nitrogen functional groups attached to an aromatic ring is 1. The fraction of sp³-hybridized carbons (Fsp3) is 0.286. The molecule has 0 fully saturated rings. The highest BCUT2D eigenvalue weighted by Crippen LogP contribution is 2.47. The average Bonchev–Trinajstić information content (AvgIpc) is 2.73. The van der Waals surface area contributed by atoms with Gasteiger partial charge in [-0.05, 0) is 53.2 Å². The van der Waals surface area contributed by atoms with Gasteiger partial charge >= 0.3 is 0 Å². The molecule has 0 aliphatic heterocycles. The van der Waals surface area contributed by atoms with Crippen molar-refractivity contribution in [3.8, 4) is 28.7 Å². The van der Waals surface area contributed by atoms with Crippen molar-refractivity contribution in [1.29, 1.82) is 0 Å². The molecule has 0 unspecified atom stereocenters. The predicted octanol–water partition coefficient (Wildman–Crippen LogP) is 4.32. The van der Waals surface area contributed by atoms with Crippen LogP contribution in [0.2, 0.25) is 0 Å². The third-order valence-corrected chi connectivity index (χ3v) is 4.68. The number of ketones is 1. The second kappa shape index (κ2) is 10.1. The van der Waals surface area contributed by atoms with Crippen LogP contribution in [0.3, 0.4) is 0 Å². The minimum absolute atomic E-state index is 0.248. The summed E-state index contributed by atoms with van der Waals surface area (Å²) >= 11 is 3.36. The first kappa shape index (κ1) is 22.4. The second-order valence-corrected chi connectivity index (χ2v) is 6.63. The van der Waals surface area contributed by atoms with Gasteiger partial charge in [0.15, 0.2) is 17.3 Å². The highest BCUT2D eigenvalue weighted by molar-refractivity contribution is 9.12. The Bertz CT molecular complexity index is 926. The molecule has 0 saturated carbocycles. The minimum atomic E-state index is -0.248. The normalized spacial score (nSPS) is 11.0. The Labute approximate surface area is 178 Å². The first-order chi connectivity index (χ1) is 13.9. The van der Waals surface area contributed by atoms with Crippen LogP contribution >= 0.6 is 15.9 Å². The number of carbonyl (C=O) groups excluding carboxylic acids is 1. The molecule has 0 atom stereocenters. The van der Waals surface area contributed by atoms with Gasteiger partial charge in [-0.15, -0.1) is 0 Å². The Hall–Kier alpha value is -2.87. The SMILES string of the molecule is CCOc1cc(C(=O)/C(Br)=C\c2cc(OC)c(OC)c(OC)c2OC)ccc1N. The number of allylic oxidation sites excluding steroid dienone is 1. The van der Waals surface area contributed by atoms with E-state index in [0.717, 1.165) is 0 Å². The number of Topliss-reactive ketones (excluding diaryl/α,β-unsaturated/α-hetero) is 1. The van der Waals surface area contributed by atoms with E-state index in [1.54, 1.807) is 30.3 Å². The molecule has 0 aromatic heterocycles. The van der Waals surface area contributed by atoms with E-state index < -0.39 is 0 Å². The van der Waals surface area contributed by atoms with E-state index >= 15 is 0 Å². The molecule has 29 heavy (non-hydrogen) atoms. The lowest BCUT2D eigenvalue weighted by atomic mass is 10.1. The fourth-order valence-corrected chi connectivity index (χ4v) is 3.24. The number of carbonyl (C=O) groups is 1. The first-order valence-corrected chi connectivity index (χ1v) is 9.52. The van der Waals surface area contributed by atoms with Crippen molar-refractivity contribution in [1.82, 2.24) is 0 Å². The first-order valence-electron chi connectivity index (χ1n) is 8.72. The molecule has 0 bridgehead atoms. The zero-order valence-corrected chi connectivity index (χ0v) is 18.6. The van der Waals surface area contributed by atoms with Crippen molar-refractivity contribution >= 4 is 33.5 Å². The van der Waals surface area contributed by atoms with E-state index in [1.165, 1.54) is 28.4 Å². The van der Waals surface area contributed by atoms with Gasteiger partial charge in [0.25, 0.3) is 0 Å². The highest BCUT2D eigenvalue weighted by Gasteiger charge is 2.22. The number of ether oxygens (including phenoxy) is 5. The van der Waals surface area contributed by atoms with Gasteiger partial charge in [0.2, 0.25) is 11.5 Å². The molecule has 0 aliphatic carbocycles. The van der Waals surface area contributed by atoms with Gasteiger partial charge in [-0.3, -0.25) is 4.79 Å². The molecule has 0 spiro atoms. The van der Waals surface area contributed by atoms with Crippen LogP contribution in [-0.2, 0) is 0 Å². The van der Waals surface area contributed by atoms with Gasteiger partial charge in [-0.2, -0.15) is 0 Å². The third-order valence-electron chi connectivity index (χ3n) is 4.09. The quantitative estimate of drug-likeness (QED) is 0.335. The van der Waals surface area contributed by atoms with Crippen LogP contribution in [0.1, 0.15) is 22.8 Å². The van der Waals surface area contributed by atoms with E-state index in [0.29, 0.717) is 56.7 Å². The van der Waals surface area contributed by atoms with Crippen molar-refractivity contribution in [3.05, 3.63) is 39.9 Å². The lowest BCUT2D eigenvalue weighted by Gasteiger charge is -2.17. The largest absolute Gasteiger partial charge is 0.493 e. The molecular formula is C21H24BrNO6. The maximum atomic E-state index is 12.9. The van der Waals surface area contributed by atoms with Crippen molar-refractivity contribution in [2.75, 3.05) is 40.8 Å². The lowest BCUT2D eigenvalue weighted by Crippen LogP contribution is -2.03. The van der Waals surface area contributed by atoms with Crippen LogP contribution < -0.4 is 29.4 Å². The van der Waals surface area contributed by atoms with Gasteiger partial charge in [0.1, 0.15) is 5.75 Å². The standard InChI is InChI=1S/C21H24BrNO6/c1-6-29-16-10-12(7-8-15(16)23)18(24)14(22)9-13-11-17(25-2)20(27-4)21(28-5)19(13)26-3/h7-11H,6,23H2,1-5H3/b14-9+. The molecule has 2 N–H and O–H groups in total. The average molecular weight is 466 g/mol. The predicted molar refractivity (Wildman–Crippen MR) is 116 cm³/mol. The van der Waals surface area contributed by atoms with Crippen LogP contribution in [0.4, 0.5) is 5.69 Å². The summed E-state index contributed by atoms with van der Waals surface area (Å²) in [6.07, 6.45) is 1.63. The molecule has 0 radical (unpaired) electrons. The van der Waals surface area contributed by atoms with Crippen LogP contribution in [0, 0.1) is 0 Å². The van der Waals surface area contributed by atoms with E-state index in [4.69, 9.17) is 29.4 Å².